The average Bonchev–Trinajstić information content (AvgIpc) is 2.77. The van der Waals surface area contributed by atoms with E-state index in [2.05, 4.69) is 27.9 Å². The standard InChI is InChI=1S/C15H16F2N4O3S/c16-12-5-10(21-8-11(7-18-9-25)24-15(21)22)6-13(17)14(12)20-2-1-19-23-4-3-20/h5-6,11,19H,1-4,7-8H2/t11-/m0/s1. The van der Waals surface area contributed by atoms with Gasteiger partial charge in [0, 0.05) is 31.8 Å². The van der Waals surface area contributed by atoms with Gasteiger partial charge in [0.05, 0.1) is 30.5 Å². The van der Waals surface area contributed by atoms with Crippen LogP contribution in [0.15, 0.2) is 17.1 Å². The molecule has 1 aromatic carbocycles. The van der Waals surface area contributed by atoms with Gasteiger partial charge in [0.15, 0.2) is 11.6 Å². The van der Waals surface area contributed by atoms with Crippen molar-refractivity contribution in [1.82, 2.24) is 5.48 Å². The number of hydroxylamine groups is 1. The highest BCUT2D eigenvalue weighted by Gasteiger charge is 2.33. The summed E-state index contributed by atoms with van der Waals surface area (Å²) in [5, 5.41) is 2.19. The number of carbonyl (C=O) groups excluding carboxylic acids is 1. The number of nitrogens with one attached hydrogen (secondary N) is 1. The lowest BCUT2D eigenvalue weighted by Gasteiger charge is -2.24. The Hall–Kier alpha value is -2.13. The predicted octanol–water partition coefficient (Wildman–Crippen LogP) is 1.73. The van der Waals surface area contributed by atoms with Crippen LogP contribution in [0.2, 0.25) is 0 Å². The number of cyclic esters (lactones) is 1. The maximum atomic E-state index is 14.5. The fourth-order valence-corrected chi connectivity index (χ4v) is 2.87. The monoisotopic (exact) mass is 370 g/mol. The number of ether oxygens (including phenoxy) is 1. The number of hydrogen-bond acceptors (Lipinski definition) is 7. The summed E-state index contributed by atoms with van der Waals surface area (Å²) >= 11 is 4.47. The van der Waals surface area contributed by atoms with Gasteiger partial charge in [-0.1, -0.05) is 0 Å². The quantitative estimate of drug-likeness (QED) is 0.643. The summed E-state index contributed by atoms with van der Waals surface area (Å²) in [6, 6.07) is 2.26. The molecule has 1 amide bonds. The van der Waals surface area contributed by atoms with Crippen LogP contribution in [0, 0.1) is 11.6 Å². The fraction of sp³-hybridized carbons (Fsp3) is 0.467. The zero-order valence-corrected chi connectivity index (χ0v) is 14.0. The summed E-state index contributed by atoms with van der Waals surface area (Å²) in [6.45, 7) is 1.80. The second-order valence-corrected chi connectivity index (χ2v) is 5.72. The van der Waals surface area contributed by atoms with Crippen molar-refractivity contribution in [3.63, 3.8) is 0 Å². The largest absolute Gasteiger partial charge is 0.442 e. The molecule has 0 radical (unpaired) electrons. The highest BCUT2D eigenvalue weighted by atomic mass is 32.1. The molecule has 2 heterocycles. The maximum Gasteiger partial charge on any atom is 0.414 e. The van der Waals surface area contributed by atoms with Crippen LogP contribution in [-0.4, -0.2) is 56.7 Å². The molecule has 1 aromatic rings. The summed E-state index contributed by atoms with van der Waals surface area (Å²) in [4.78, 5) is 23.5. The van der Waals surface area contributed by atoms with Crippen molar-refractivity contribution in [1.29, 1.82) is 0 Å². The number of carbonyl (C=O) groups is 1. The molecule has 0 bridgehead atoms. The van der Waals surface area contributed by atoms with Crippen LogP contribution in [0.5, 0.6) is 0 Å². The van der Waals surface area contributed by atoms with Crippen LogP contribution >= 0.6 is 12.2 Å². The van der Waals surface area contributed by atoms with Gasteiger partial charge < -0.3 is 9.64 Å². The molecular weight excluding hydrogens is 354 g/mol. The van der Waals surface area contributed by atoms with E-state index < -0.39 is 23.8 Å². The molecule has 0 saturated carbocycles. The molecule has 2 fully saturated rings. The number of thiocarbonyl (C=S) groups is 1. The van der Waals surface area contributed by atoms with Gasteiger partial charge in [-0.15, -0.1) is 0 Å². The van der Waals surface area contributed by atoms with Crippen LogP contribution in [0.1, 0.15) is 0 Å². The number of halogens is 2. The van der Waals surface area contributed by atoms with E-state index in [1.54, 1.807) is 4.90 Å². The van der Waals surface area contributed by atoms with Gasteiger partial charge >= 0.3 is 6.09 Å². The molecule has 134 valence electrons. The molecule has 2 aliphatic heterocycles. The maximum absolute atomic E-state index is 14.5. The minimum Gasteiger partial charge on any atom is -0.442 e. The molecular formula is C15H16F2N4O3S. The van der Waals surface area contributed by atoms with Gasteiger partial charge in [-0.05, 0) is 12.2 Å². The number of aliphatic imine (C=N–C) groups is 1. The van der Waals surface area contributed by atoms with Gasteiger partial charge in [-0.25, -0.2) is 24.0 Å². The number of anilines is 2. The van der Waals surface area contributed by atoms with Gasteiger partial charge in [0.1, 0.15) is 11.8 Å². The molecule has 0 aliphatic carbocycles. The molecule has 10 heteroatoms. The summed E-state index contributed by atoms with van der Waals surface area (Å²) in [6.07, 6.45) is -1.20. The summed E-state index contributed by atoms with van der Waals surface area (Å²) < 4.78 is 34.2. The Kier molecular flexibility index (Phi) is 5.54. The molecule has 0 spiro atoms. The minimum atomic E-state index is -0.745. The zero-order chi connectivity index (χ0) is 17.8. The Balaban J connectivity index is 1.82. The Labute approximate surface area is 148 Å². The molecule has 2 aliphatic rings. The summed E-state index contributed by atoms with van der Waals surface area (Å²) in [7, 11) is 0. The lowest BCUT2D eigenvalue weighted by molar-refractivity contribution is 0.0589. The van der Waals surface area contributed by atoms with E-state index in [-0.39, 0.29) is 24.5 Å². The highest BCUT2D eigenvalue weighted by Crippen LogP contribution is 2.31. The number of nitrogens with zero attached hydrogens (tertiary/aromatic N) is 3. The second-order valence-electron chi connectivity index (χ2n) is 5.54. The number of benzene rings is 1. The van der Waals surface area contributed by atoms with E-state index in [1.165, 1.54) is 4.90 Å². The minimum absolute atomic E-state index is 0.0989. The lowest BCUT2D eigenvalue weighted by atomic mass is 10.2. The second kappa shape index (κ2) is 7.83. The van der Waals surface area contributed by atoms with E-state index in [9.17, 15) is 13.6 Å². The van der Waals surface area contributed by atoms with E-state index >= 15 is 0 Å². The topological polar surface area (TPSA) is 66.4 Å². The van der Waals surface area contributed by atoms with Gasteiger partial charge in [0.25, 0.3) is 0 Å². The van der Waals surface area contributed by atoms with Crippen LogP contribution in [0.3, 0.4) is 0 Å². The summed E-state index contributed by atoms with van der Waals surface area (Å²) in [5.41, 5.74) is 2.66. The number of amides is 1. The number of rotatable bonds is 4. The van der Waals surface area contributed by atoms with Crippen molar-refractivity contribution >= 4 is 34.8 Å². The Morgan fingerprint density at radius 3 is 2.84 bits per heavy atom. The molecule has 2 saturated heterocycles. The third-order valence-electron chi connectivity index (χ3n) is 3.91. The van der Waals surface area contributed by atoms with Crippen molar-refractivity contribution in [3.8, 4) is 0 Å². The molecule has 3 rings (SSSR count). The van der Waals surface area contributed by atoms with Crippen LogP contribution in [-0.2, 0) is 9.57 Å². The van der Waals surface area contributed by atoms with Crippen molar-refractivity contribution in [2.45, 2.75) is 6.10 Å². The van der Waals surface area contributed by atoms with Gasteiger partial charge in [-0.3, -0.25) is 9.74 Å². The molecule has 25 heavy (non-hydrogen) atoms. The van der Waals surface area contributed by atoms with Crippen molar-refractivity contribution < 1.29 is 23.1 Å². The Morgan fingerprint density at radius 2 is 2.12 bits per heavy atom. The van der Waals surface area contributed by atoms with Gasteiger partial charge in [0.2, 0.25) is 0 Å². The zero-order valence-electron chi connectivity index (χ0n) is 13.2. The van der Waals surface area contributed by atoms with E-state index in [0.29, 0.717) is 26.2 Å². The lowest BCUT2D eigenvalue weighted by Crippen LogP contribution is -2.31. The number of hydrogen-bond donors (Lipinski definition) is 1. The van der Waals surface area contributed by atoms with Crippen LogP contribution in [0.25, 0.3) is 0 Å². The third-order valence-corrected chi connectivity index (χ3v) is 4.04. The first-order valence-corrected chi connectivity index (χ1v) is 8.11. The third kappa shape index (κ3) is 3.93. The number of isothiocyanates is 1. The Morgan fingerprint density at radius 1 is 1.36 bits per heavy atom. The van der Waals surface area contributed by atoms with Crippen molar-refractivity contribution in [2.75, 3.05) is 49.1 Å². The van der Waals surface area contributed by atoms with Crippen LogP contribution < -0.4 is 15.3 Å². The molecule has 1 N–H and O–H groups in total. The van der Waals surface area contributed by atoms with E-state index in [0.717, 1.165) is 12.1 Å². The smallest absolute Gasteiger partial charge is 0.414 e. The SMILES string of the molecule is O=C1O[C@@H](CN=C=S)CN1c1cc(F)c(N2CCNOCC2)c(F)c1. The molecule has 1 atom stereocenters. The first-order valence-electron chi connectivity index (χ1n) is 7.70. The van der Waals surface area contributed by atoms with E-state index in [1.807, 2.05) is 0 Å². The van der Waals surface area contributed by atoms with Gasteiger partial charge in [-0.2, -0.15) is 0 Å². The molecule has 0 aromatic heterocycles. The first-order chi connectivity index (χ1) is 12.1. The van der Waals surface area contributed by atoms with Crippen molar-refractivity contribution in [2.24, 2.45) is 4.99 Å². The Bertz CT molecular complexity index is 683. The predicted molar refractivity (Wildman–Crippen MR) is 90.0 cm³/mol. The van der Waals surface area contributed by atoms with Crippen LogP contribution in [0.4, 0.5) is 25.0 Å². The highest BCUT2D eigenvalue weighted by molar-refractivity contribution is 7.78. The van der Waals surface area contributed by atoms with E-state index in [4.69, 9.17) is 9.57 Å². The molecule has 7 nitrogen and oxygen atoms in total. The average molecular weight is 370 g/mol. The molecule has 0 unspecified atom stereocenters. The summed E-state index contributed by atoms with van der Waals surface area (Å²) in [5.74, 6) is -1.49. The first kappa shape index (κ1) is 17.7. The fourth-order valence-electron chi connectivity index (χ4n) is 2.79. The normalized spacial score (nSPS) is 20.9. The van der Waals surface area contributed by atoms with Crippen molar-refractivity contribution in [3.05, 3.63) is 23.8 Å².